The summed E-state index contributed by atoms with van der Waals surface area (Å²) in [5.74, 6) is 0. The van der Waals surface area contributed by atoms with Crippen molar-refractivity contribution in [3.63, 3.8) is 0 Å². The van der Waals surface area contributed by atoms with Crippen molar-refractivity contribution in [3.05, 3.63) is 144 Å². The fourth-order valence-electron chi connectivity index (χ4n) is 3.75. The van der Waals surface area contributed by atoms with Gasteiger partial charge in [0.15, 0.2) is 0 Å². The molecule has 0 fully saturated rings. The van der Waals surface area contributed by atoms with Crippen LogP contribution in [0.1, 0.15) is 22.3 Å². The number of benzene rings is 4. The lowest BCUT2D eigenvalue weighted by molar-refractivity contribution is 0.562. The molecule has 0 unspecified atom stereocenters. The van der Waals surface area contributed by atoms with Crippen molar-refractivity contribution in [3.8, 4) is 0 Å². The van der Waals surface area contributed by atoms with Crippen molar-refractivity contribution in [2.24, 2.45) is 0 Å². The lowest BCUT2D eigenvalue weighted by Gasteiger charge is -2.36. The van der Waals surface area contributed by atoms with Crippen LogP contribution in [0.15, 0.2) is 121 Å². The Balaban J connectivity index is 0.000000925. The van der Waals surface area contributed by atoms with Crippen molar-refractivity contribution in [1.29, 1.82) is 21.6 Å². The lowest BCUT2D eigenvalue weighted by Crippen LogP contribution is -2.30. The summed E-state index contributed by atoms with van der Waals surface area (Å²) >= 11 is 0. The minimum absolute atomic E-state index is 0.328. The maximum Gasteiger partial charge on any atom is 0.231 e. The number of hydrogen-bond donors (Lipinski definition) is 4. The Kier molecular flexibility index (Phi) is 16.8. The van der Waals surface area contributed by atoms with E-state index in [1.165, 1.54) is 22.3 Å². The fourth-order valence-corrected chi connectivity index (χ4v) is 3.75. The average molecular weight is 493 g/mol. The molecule has 4 aromatic rings. The Hall–Kier alpha value is -5.60. The average Bonchev–Trinajstić information content (AvgIpc) is 2.94. The standard InChI is InChI=1S/C25H20.4CHNO/c1-5-13-21(14-6-1)25(22-15-7-2-8-16-22,23-17-9-3-10-18-23)24-19-11-4-12-20-24;4*2-1-3/h1-20H;4*2H. The second-order valence-electron chi connectivity index (χ2n) is 6.62. The quantitative estimate of drug-likeness (QED) is 0.164. The Morgan fingerprint density at radius 3 is 0.622 bits per heavy atom. The minimum atomic E-state index is -0.328. The molecule has 0 aliphatic heterocycles. The maximum absolute atomic E-state index is 8.35. The predicted molar refractivity (Wildman–Crippen MR) is 138 cm³/mol. The fraction of sp³-hybridized carbons (Fsp3) is 0.0345. The summed E-state index contributed by atoms with van der Waals surface area (Å²) < 4.78 is 0. The SMILES string of the molecule is N=C=O.N=C=O.N=C=O.N=C=O.c1ccc(C(c2ccccc2)(c2ccccc2)c2ccccc2)cc1. The first kappa shape index (κ1) is 31.4. The molecule has 8 nitrogen and oxygen atoms in total. The monoisotopic (exact) mass is 492 g/mol. The number of nitrogens with one attached hydrogen (secondary N) is 4. The van der Waals surface area contributed by atoms with E-state index in [0.717, 1.165) is 24.3 Å². The van der Waals surface area contributed by atoms with E-state index < -0.39 is 0 Å². The molecule has 4 N–H and O–H groups in total. The highest BCUT2D eigenvalue weighted by Crippen LogP contribution is 2.44. The highest BCUT2D eigenvalue weighted by Gasteiger charge is 2.37. The van der Waals surface area contributed by atoms with Gasteiger partial charge in [-0.25, -0.2) is 40.8 Å². The predicted octanol–water partition coefficient (Wildman–Crippen LogP) is 5.67. The number of carbonyl (C=O) groups excluding carboxylic acids is 4. The van der Waals surface area contributed by atoms with Gasteiger partial charge in [0, 0.05) is 0 Å². The summed E-state index contributed by atoms with van der Waals surface area (Å²) in [6, 6.07) is 43.1. The summed E-state index contributed by atoms with van der Waals surface area (Å²) in [7, 11) is 0. The number of isocyanates is 4. The van der Waals surface area contributed by atoms with Crippen molar-refractivity contribution >= 4 is 24.3 Å². The second kappa shape index (κ2) is 19.8. The van der Waals surface area contributed by atoms with Gasteiger partial charge in [-0.1, -0.05) is 121 Å². The van der Waals surface area contributed by atoms with Gasteiger partial charge >= 0.3 is 0 Å². The Morgan fingerprint density at radius 1 is 0.351 bits per heavy atom. The third-order valence-electron chi connectivity index (χ3n) is 4.83. The molecule has 0 aliphatic carbocycles. The smallest absolute Gasteiger partial charge is 0.222 e. The van der Waals surface area contributed by atoms with Gasteiger partial charge in [-0.3, -0.25) is 0 Å². The molecule has 4 rings (SSSR count). The zero-order valence-corrected chi connectivity index (χ0v) is 19.7. The van der Waals surface area contributed by atoms with Crippen molar-refractivity contribution in [1.82, 2.24) is 0 Å². The van der Waals surface area contributed by atoms with Crippen LogP contribution in [0.5, 0.6) is 0 Å². The minimum Gasteiger partial charge on any atom is -0.222 e. The zero-order valence-electron chi connectivity index (χ0n) is 19.7. The molecule has 37 heavy (non-hydrogen) atoms. The molecule has 0 aromatic heterocycles. The summed E-state index contributed by atoms with van der Waals surface area (Å²) in [6.45, 7) is 0. The van der Waals surface area contributed by atoms with E-state index in [-0.39, 0.29) is 5.41 Å². The number of rotatable bonds is 4. The summed E-state index contributed by atoms with van der Waals surface area (Å²) in [5, 5.41) is 21.6. The van der Waals surface area contributed by atoms with E-state index in [9.17, 15) is 0 Å². The van der Waals surface area contributed by atoms with Gasteiger partial charge in [0.1, 0.15) is 0 Å². The van der Waals surface area contributed by atoms with E-state index >= 15 is 0 Å². The van der Waals surface area contributed by atoms with Gasteiger partial charge in [-0.05, 0) is 22.3 Å². The van der Waals surface area contributed by atoms with E-state index in [2.05, 4.69) is 121 Å². The highest BCUT2D eigenvalue weighted by molar-refractivity contribution is 5.59. The maximum atomic E-state index is 8.35. The molecule has 0 amide bonds. The first-order valence-corrected chi connectivity index (χ1v) is 10.5. The molecule has 0 atom stereocenters. The Morgan fingerprint density at radius 2 is 0.486 bits per heavy atom. The molecule has 0 aliphatic rings. The van der Waals surface area contributed by atoms with E-state index in [0.29, 0.717) is 0 Å². The molecule has 0 saturated heterocycles. The third kappa shape index (κ3) is 9.65. The Labute approximate surface area is 214 Å². The van der Waals surface area contributed by atoms with Gasteiger partial charge in [-0.15, -0.1) is 0 Å². The first-order valence-electron chi connectivity index (χ1n) is 10.5. The largest absolute Gasteiger partial charge is 0.231 e. The van der Waals surface area contributed by atoms with E-state index in [4.69, 9.17) is 40.8 Å². The molecule has 184 valence electrons. The van der Waals surface area contributed by atoms with Crippen LogP contribution in [0.4, 0.5) is 0 Å². The van der Waals surface area contributed by atoms with E-state index in [1.54, 1.807) is 0 Å². The van der Waals surface area contributed by atoms with Crippen LogP contribution >= 0.6 is 0 Å². The molecule has 0 heterocycles. The van der Waals surface area contributed by atoms with Gasteiger partial charge in [0.05, 0.1) is 5.41 Å². The molecular formula is C29H24N4O4. The lowest BCUT2D eigenvalue weighted by atomic mass is 9.65. The molecule has 0 saturated carbocycles. The van der Waals surface area contributed by atoms with Crippen LogP contribution in [0.2, 0.25) is 0 Å². The van der Waals surface area contributed by atoms with Gasteiger partial charge in [-0.2, -0.15) is 0 Å². The van der Waals surface area contributed by atoms with Crippen LogP contribution in [0.3, 0.4) is 0 Å². The van der Waals surface area contributed by atoms with Gasteiger partial charge < -0.3 is 0 Å². The van der Waals surface area contributed by atoms with Crippen LogP contribution < -0.4 is 0 Å². The van der Waals surface area contributed by atoms with Crippen LogP contribution in [0, 0.1) is 21.6 Å². The Bertz CT molecular complexity index is 1080. The topological polar surface area (TPSA) is 164 Å². The first-order chi connectivity index (χ1) is 18.1. The van der Waals surface area contributed by atoms with Crippen molar-refractivity contribution < 1.29 is 19.2 Å². The third-order valence-corrected chi connectivity index (χ3v) is 4.83. The van der Waals surface area contributed by atoms with E-state index in [1.807, 2.05) is 0 Å². The van der Waals surface area contributed by atoms with Crippen molar-refractivity contribution in [2.75, 3.05) is 0 Å². The molecule has 4 aromatic carbocycles. The molecule has 0 bridgehead atoms. The zero-order chi connectivity index (χ0) is 27.8. The van der Waals surface area contributed by atoms with Crippen LogP contribution in [-0.2, 0) is 24.6 Å². The highest BCUT2D eigenvalue weighted by atomic mass is 16.1. The summed E-state index contributed by atoms with van der Waals surface area (Å²) in [6.07, 6.45) is 3.00. The summed E-state index contributed by atoms with van der Waals surface area (Å²) in [4.78, 5) is 33.4. The van der Waals surface area contributed by atoms with Gasteiger partial charge in [0.2, 0.25) is 24.3 Å². The molecule has 8 heteroatoms. The molecular weight excluding hydrogens is 468 g/mol. The molecule has 0 spiro atoms. The number of hydrogen-bond acceptors (Lipinski definition) is 8. The van der Waals surface area contributed by atoms with Crippen LogP contribution in [0.25, 0.3) is 0 Å². The van der Waals surface area contributed by atoms with Gasteiger partial charge in [0.25, 0.3) is 0 Å². The summed E-state index contributed by atoms with van der Waals surface area (Å²) in [5.41, 5.74) is 4.78. The van der Waals surface area contributed by atoms with Crippen molar-refractivity contribution in [2.45, 2.75) is 5.41 Å². The van der Waals surface area contributed by atoms with Crippen LogP contribution in [-0.4, -0.2) is 24.3 Å². The normalized spacial score (nSPS) is 8.43. The molecule has 0 radical (unpaired) electrons. The second-order valence-corrected chi connectivity index (χ2v) is 6.62.